The van der Waals surface area contributed by atoms with Crippen molar-refractivity contribution in [2.75, 3.05) is 15.4 Å². The molecule has 0 aliphatic rings. The molecular formula is C27H29N5O2S. The van der Waals surface area contributed by atoms with Gasteiger partial charge in [-0.25, -0.2) is 18.4 Å². The molecule has 0 atom stereocenters. The molecule has 0 radical (unpaired) electrons. The molecular weight excluding hydrogens is 458 g/mol. The number of benzene rings is 3. The van der Waals surface area contributed by atoms with Gasteiger partial charge in [0.2, 0.25) is 0 Å². The van der Waals surface area contributed by atoms with E-state index in [9.17, 15) is 8.42 Å². The fraction of sp³-hybridized carbons (Fsp3) is 0.185. The molecule has 3 N–H and O–H groups in total. The third-order valence-corrected chi connectivity index (χ3v) is 7.13. The first-order valence-corrected chi connectivity index (χ1v) is 12.7. The third-order valence-electron chi connectivity index (χ3n) is 5.44. The van der Waals surface area contributed by atoms with E-state index in [0.717, 1.165) is 28.1 Å². The van der Waals surface area contributed by atoms with E-state index in [4.69, 9.17) is 0 Å². The molecule has 0 fully saturated rings. The van der Waals surface area contributed by atoms with Crippen LogP contribution in [0.25, 0.3) is 0 Å². The SMILES string of the molecule is Cc1ccc(Nc2cc(Nc3ccc(NS(=O)(=O)c4c(C)cc(C)cc4C)cc3)nc(C)n2)cc1. The zero-order valence-corrected chi connectivity index (χ0v) is 21.3. The number of aryl methyl sites for hydroxylation is 5. The fourth-order valence-electron chi connectivity index (χ4n) is 4.05. The van der Waals surface area contributed by atoms with Crippen molar-refractivity contribution in [1.82, 2.24) is 9.97 Å². The second kappa shape index (κ2) is 9.76. The quantitative estimate of drug-likeness (QED) is 0.283. The van der Waals surface area contributed by atoms with Crippen LogP contribution >= 0.6 is 0 Å². The molecule has 1 heterocycles. The molecule has 0 aliphatic carbocycles. The van der Waals surface area contributed by atoms with E-state index in [2.05, 4.69) is 25.3 Å². The monoisotopic (exact) mass is 487 g/mol. The number of hydrogen-bond donors (Lipinski definition) is 3. The van der Waals surface area contributed by atoms with Gasteiger partial charge in [-0.15, -0.1) is 0 Å². The summed E-state index contributed by atoms with van der Waals surface area (Å²) in [5, 5.41) is 6.55. The highest BCUT2D eigenvalue weighted by molar-refractivity contribution is 7.92. The minimum absolute atomic E-state index is 0.315. The Kier molecular flexibility index (Phi) is 6.75. The number of nitrogens with zero attached hydrogens (tertiary/aromatic N) is 2. The molecule has 0 unspecified atom stereocenters. The summed E-state index contributed by atoms with van der Waals surface area (Å²) in [6.07, 6.45) is 0. The summed E-state index contributed by atoms with van der Waals surface area (Å²) in [4.78, 5) is 9.23. The normalized spacial score (nSPS) is 11.2. The van der Waals surface area contributed by atoms with E-state index in [-0.39, 0.29) is 0 Å². The van der Waals surface area contributed by atoms with Gasteiger partial charge in [-0.2, -0.15) is 0 Å². The molecule has 7 nitrogen and oxygen atoms in total. The Hall–Kier alpha value is -3.91. The highest BCUT2D eigenvalue weighted by atomic mass is 32.2. The molecule has 0 amide bonds. The van der Waals surface area contributed by atoms with E-state index in [1.165, 1.54) is 5.56 Å². The Morgan fingerprint density at radius 2 is 1.06 bits per heavy atom. The number of anilines is 5. The molecule has 0 spiro atoms. The number of sulfonamides is 1. The van der Waals surface area contributed by atoms with E-state index < -0.39 is 10.0 Å². The second-order valence-electron chi connectivity index (χ2n) is 8.71. The molecule has 0 saturated carbocycles. The van der Waals surface area contributed by atoms with Crippen LogP contribution in [0.15, 0.2) is 71.6 Å². The van der Waals surface area contributed by atoms with Crippen LogP contribution in [0.5, 0.6) is 0 Å². The van der Waals surface area contributed by atoms with Crippen LogP contribution in [-0.2, 0) is 10.0 Å². The van der Waals surface area contributed by atoms with Gasteiger partial charge >= 0.3 is 0 Å². The molecule has 180 valence electrons. The number of rotatable bonds is 7. The van der Waals surface area contributed by atoms with Crippen LogP contribution in [-0.4, -0.2) is 18.4 Å². The highest BCUT2D eigenvalue weighted by Gasteiger charge is 2.20. The van der Waals surface area contributed by atoms with Crippen LogP contribution < -0.4 is 15.4 Å². The van der Waals surface area contributed by atoms with Gasteiger partial charge < -0.3 is 10.6 Å². The van der Waals surface area contributed by atoms with Gasteiger partial charge in [0.15, 0.2) is 0 Å². The van der Waals surface area contributed by atoms with Crippen LogP contribution in [0.2, 0.25) is 0 Å². The molecule has 4 rings (SSSR count). The van der Waals surface area contributed by atoms with Gasteiger partial charge in [0, 0.05) is 23.1 Å². The molecule has 8 heteroatoms. The molecule has 4 aromatic rings. The molecule has 1 aromatic heterocycles. The van der Waals surface area contributed by atoms with Crippen molar-refractivity contribution in [3.8, 4) is 0 Å². The number of nitrogens with one attached hydrogen (secondary N) is 3. The lowest BCUT2D eigenvalue weighted by molar-refractivity contribution is 0.600. The Morgan fingerprint density at radius 1 is 0.600 bits per heavy atom. The first-order chi connectivity index (χ1) is 16.6. The Balaban J connectivity index is 1.49. The third kappa shape index (κ3) is 5.96. The zero-order valence-electron chi connectivity index (χ0n) is 20.5. The first-order valence-electron chi connectivity index (χ1n) is 11.3. The molecule has 0 aliphatic heterocycles. The van der Waals surface area contributed by atoms with E-state index in [0.29, 0.717) is 28.0 Å². The summed E-state index contributed by atoms with van der Waals surface area (Å²) in [5.41, 5.74) is 5.86. The van der Waals surface area contributed by atoms with Crippen molar-refractivity contribution >= 4 is 38.7 Å². The lowest BCUT2D eigenvalue weighted by Crippen LogP contribution is -2.16. The zero-order chi connectivity index (χ0) is 25.2. The minimum atomic E-state index is -3.71. The van der Waals surface area contributed by atoms with Crippen LogP contribution in [0.1, 0.15) is 28.1 Å². The van der Waals surface area contributed by atoms with Crippen molar-refractivity contribution in [3.05, 3.63) is 94.8 Å². The smallest absolute Gasteiger partial charge is 0.262 e. The number of aromatic nitrogens is 2. The maximum Gasteiger partial charge on any atom is 0.262 e. The molecule has 0 saturated heterocycles. The highest BCUT2D eigenvalue weighted by Crippen LogP contribution is 2.26. The summed E-state index contributed by atoms with van der Waals surface area (Å²) < 4.78 is 28.7. The van der Waals surface area contributed by atoms with E-state index in [1.54, 1.807) is 24.3 Å². The predicted molar refractivity (Wildman–Crippen MR) is 142 cm³/mol. The summed E-state index contributed by atoms with van der Waals surface area (Å²) in [6.45, 7) is 9.45. The topological polar surface area (TPSA) is 96.0 Å². The van der Waals surface area contributed by atoms with Crippen molar-refractivity contribution < 1.29 is 8.42 Å². The van der Waals surface area contributed by atoms with Crippen molar-refractivity contribution in [2.45, 2.75) is 39.5 Å². The van der Waals surface area contributed by atoms with Gasteiger partial charge in [-0.05, 0) is 82.1 Å². The Bertz CT molecular complexity index is 1440. The lowest BCUT2D eigenvalue weighted by Gasteiger charge is -2.14. The molecule has 3 aromatic carbocycles. The van der Waals surface area contributed by atoms with Crippen molar-refractivity contribution in [2.24, 2.45) is 0 Å². The number of hydrogen-bond acceptors (Lipinski definition) is 6. The summed E-state index contributed by atoms with van der Waals surface area (Å²) in [7, 11) is -3.71. The molecule has 0 bridgehead atoms. The lowest BCUT2D eigenvalue weighted by atomic mass is 10.1. The Labute approximate surface area is 206 Å². The standard InChI is InChI=1S/C27H29N5O2S/c1-17-6-8-22(9-7-17)30-25-16-26(29-21(5)28-25)31-23-10-12-24(13-11-23)32-35(33,34)27-19(3)14-18(2)15-20(27)4/h6-16,32H,1-5H3,(H2,28,29,30,31). The van der Waals surface area contributed by atoms with E-state index >= 15 is 0 Å². The van der Waals surface area contributed by atoms with Crippen molar-refractivity contribution in [3.63, 3.8) is 0 Å². The average Bonchev–Trinajstić information content (AvgIpc) is 2.75. The summed E-state index contributed by atoms with van der Waals surface area (Å²) >= 11 is 0. The summed E-state index contributed by atoms with van der Waals surface area (Å²) in [5.74, 6) is 1.93. The molecule has 35 heavy (non-hydrogen) atoms. The van der Waals surface area contributed by atoms with Gasteiger partial charge in [0.05, 0.1) is 4.90 Å². The van der Waals surface area contributed by atoms with Gasteiger partial charge in [0.25, 0.3) is 10.0 Å². The van der Waals surface area contributed by atoms with Crippen molar-refractivity contribution in [1.29, 1.82) is 0 Å². The van der Waals surface area contributed by atoms with Gasteiger partial charge in [-0.1, -0.05) is 35.4 Å². The largest absolute Gasteiger partial charge is 0.340 e. The average molecular weight is 488 g/mol. The second-order valence-corrected chi connectivity index (χ2v) is 10.3. The van der Waals surface area contributed by atoms with Gasteiger partial charge in [0.1, 0.15) is 17.5 Å². The van der Waals surface area contributed by atoms with Crippen LogP contribution in [0, 0.1) is 34.6 Å². The van der Waals surface area contributed by atoms with Crippen LogP contribution in [0.3, 0.4) is 0 Å². The van der Waals surface area contributed by atoms with Gasteiger partial charge in [-0.3, -0.25) is 4.72 Å². The summed E-state index contributed by atoms with van der Waals surface area (Å²) in [6, 6.07) is 20.7. The Morgan fingerprint density at radius 3 is 1.57 bits per heavy atom. The minimum Gasteiger partial charge on any atom is -0.340 e. The predicted octanol–water partition coefficient (Wildman–Crippen LogP) is 6.31. The van der Waals surface area contributed by atoms with Crippen LogP contribution in [0.4, 0.5) is 28.7 Å². The maximum atomic E-state index is 13.0. The fourth-order valence-corrected chi connectivity index (χ4v) is 5.56. The first kappa shape index (κ1) is 24.2. The maximum absolute atomic E-state index is 13.0. The van der Waals surface area contributed by atoms with E-state index in [1.807, 2.05) is 77.1 Å².